The topological polar surface area (TPSA) is 78.6 Å². The number of ether oxygens (including phenoxy) is 2. The first-order valence-electron chi connectivity index (χ1n) is 5.17. The van der Waals surface area contributed by atoms with Gasteiger partial charge in [0.2, 0.25) is 0 Å². The highest BCUT2D eigenvalue weighted by molar-refractivity contribution is 9.10. The molecule has 0 radical (unpaired) electrons. The van der Waals surface area contributed by atoms with E-state index in [4.69, 9.17) is 10.5 Å². The molecule has 0 aliphatic carbocycles. The van der Waals surface area contributed by atoms with Crippen LogP contribution < -0.4 is 5.73 Å². The third kappa shape index (κ3) is 6.07. The molecule has 0 bridgehead atoms. The van der Waals surface area contributed by atoms with Crippen molar-refractivity contribution in [3.63, 3.8) is 0 Å². The third-order valence-corrected chi connectivity index (χ3v) is 2.71. The summed E-state index contributed by atoms with van der Waals surface area (Å²) in [6.07, 6.45) is 1.95. The summed E-state index contributed by atoms with van der Waals surface area (Å²) in [5.74, 6) is -0.932. The van der Waals surface area contributed by atoms with Crippen LogP contribution in [0.1, 0.15) is 26.2 Å². The number of nitrogens with two attached hydrogens (primary N) is 1. The van der Waals surface area contributed by atoms with Crippen molar-refractivity contribution < 1.29 is 19.1 Å². The Labute approximate surface area is 104 Å². The molecule has 16 heavy (non-hydrogen) atoms. The fourth-order valence-electron chi connectivity index (χ4n) is 0.974. The van der Waals surface area contributed by atoms with Gasteiger partial charge in [-0.2, -0.15) is 0 Å². The number of methoxy groups -OCH3 is 1. The van der Waals surface area contributed by atoms with E-state index in [0.717, 1.165) is 12.8 Å². The summed E-state index contributed by atoms with van der Waals surface area (Å²) >= 11 is 3.13. The van der Waals surface area contributed by atoms with E-state index in [-0.39, 0.29) is 6.42 Å². The highest BCUT2D eigenvalue weighted by Gasteiger charge is 2.24. The molecule has 94 valence electrons. The van der Waals surface area contributed by atoms with E-state index in [1.54, 1.807) is 0 Å². The van der Waals surface area contributed by atoms with E-state index in [1.165, 1.54) is 7.11 Å². The fourth-order valence-corrected chi connectivity index (χ4v) is 1.51. The summed E-state index contributed by atoms with van der Waals surface area (Å²) in [6.45, 7) is 2.40. The SMILES string of the molecule is CCCCOC(=O)C(Br)CC(N)C(=O)OC. The van der Waals surface area contributed by atoms with Gasteiger partial charge >= 0.3 is 11.9 Å². The van der Waals surface area contributed by atoms with E-state index in [9.17, 15) is 9.59 Å². The Bertz CT molecular complexity index is 235. The first-order valence-corrected chi connectivity index (χ1v) is 6.08. The summed E-state index contributed by atoms with van der Waals surface area (Å²) in [4.78, 5) is 21.8. The molecule has 0 aromatic rings. The van der Waals surface area contributed by atoms with Crippen molar-refractivity contribution >= 4 is 27.9 Å². The molecule has 2 atom stereocenters. The van der Waals surface area contributed by atoms with Crippen LogP contribution in [0.15, 0.2) is 0 Å². The van der Waals surface area contributed by atoms with Crippen LogP contribution in [0.25, 0.3) is 0 Å². The Hall–Kier alpha value is -0.620. The van der Waals surface area contributed by atoms with Crippen molar-refractivity contribution in [2.45, 2.75) is 37.1 Å². The van der Waals surface area contributed by atoms with Gasteiger partial charge in [0.1, 0.15) is 10.9 Å². The molecule has 0 saturated carbocycles. The molecule has 0 fully saturated rings. The zero-order chi connectivity index (χ0) is 12.6. The fraction of sp³-hybridized carbons (Fsp3) is 0.800. The molecule has 0 aliphatic rings. The number of carbonyl (C=O) groups excluding carboxylic acids is 2. The standard InChI is InChI=1S/C10H18BrNO4/c1-3-4-5-16-9(13)7(11)6-8(12)10(14)15-2/h7-8H,3-6,12H2,1-2H3. The van der Waals surface area contributed by atoms with Crippen LogP contribution >= 0.6 is 15.9 Å². The Morgan fingerprint density at radius 2 is 2.00 bits per heavy atom. The summed E-state index contributed by atoms with van der Waals surface area (Å²) in [6, 6.07) is -0.812. The molecule has 2 N–H and O–H groups in total. The Balaban J connectivity index is 3.90. The number of hydrogen-bond acceptors (Lipinski definition) is 5. The monoisotopic (exact) mass is 295 g/mol. The zero-order valence-electron chi connectivity index (χ0n) is 9.57. The average Bonchev–Trinajstić information content (AvgIpc) is 2.27. The molecule has 0 aromatic heterocycles. The molecule has 0 spiro atoms. The van der Waals surface area contributed by atoms with E-state index in [0.29, 0.717) is 6.61 Å². The van der Waals surface area contributed by atoms with Crippen LogP contribution in [0.4, 0.5) is 0 Å². The molecule has 0 aliphatic heterocycles. The van der Waals surface area contributed by atoms with Crippen LogP contribution in [-0.4, -0.2) is 36.5 Å². The number of halogens is 1. The predicted molar refractivity (Wildman–Crippen MR) is 63.2 cm³/mol. The van der Waals surface area contributed by atoms with E-state index < -0.39 is 22.8 Å². The second-order valence-electron chi connectivity index (χ2n) is 3.35. The highest BCUT2D eigenvalue weighted by Crippen LogP contribution is 2.10. The molecular weight excluding hydrogens is 278 g/mol. The Morgan fingerprint density at radius 1 is 1.38 bits per heavy atom. The van der Waals surface area contributed by atoms with Crippen molar-refractivity contribution in [2.75, 3.05) is 13.7 Å². The van der Waals surface area contributed by atoms with Crippen LogP contribution in [-0.2, 0) is 19.1 Å². The first kappa shape index (κ1) is 15.4. The normalized spacial score (nSPS) is 14.0. The van der Waals surface area contributed by atoms with Gasteiger partial charge in [0.05, 0.1) is 13.7 Å². The van der Waals surface area contributed by atoms with Crippen LogP contribution in [0, 0.1) is 0 Å². The molecule has 5 nitrogen and oxygen atoms in total. The lowest BCUT2D eigenvalue weighted by molar-refractivity contribution is -0.144. The van der Waals surface area contributed by atoms with Gasteiger partial charge in [0, 0.05) is 0 Å². The minimum absolute atomic E-state index is 0.164. The van der Waals surface area contributed by atoms with Gasteiger partial charge < -0.3 is 15.2 Å². The largest absolute Gasteiger partial charge is 0.468 e. The van der Waals surface area contributed by atoms with Crippen LogP contribution in [0.5, 0.6) is 0 Å². The number of alkyl halides is 1. The summed E-state index contributed by atoms with van der Waals surface area (Å²) in [5, 5.41) is 0. The molecule has 0 amide bonds. The van der Waals surface area contributed by atoms with Gasteiger partial charge in [-0.15, -0.1) is 0 Å². The maximum Gasteiger partial charge on any atom is 0.322 e. The predicted octanol–water partition coefficient (Wildman–Crippen LogP) is 0.984. The maximum atomic E-state index is 11.4. The number of unbranched alkanes of at least 4 members (excludes halogenated alkanes) is 1. The maximum absolute atomic E-state index is 11.4. The summed E-state index contributed by atoms with van der Waals surface area (Å²) in [5.41, 5.74) is 5.51. The van der Waals surface area contributed by atoms with Gasteiger partial charge in [-0.1, -0.05) is 29.3 Å². The number of esters is 2. The second kappa shape index (κ2) is 8.52. The number of hydrogen-bond donors (Lipinski definition) is 1. The van der Waals surface area contributed by atoms with Crippen molar-refractivity contribution in [1.82, 2.24) is 0 Å². The third-order valence-electron chi connectivity index (χ3n) is 1.96. The first-order chi connectivity index (χ1) is 7.52. The number of rotatable bonds is 7. The molecule has 0 heterocycles. The summed E-state index contributed by atoms with van der Waals surface area (Å²) < 4.78 is 9.42. The number of carbonyl (C=O) groups is 2. The molecule has 0 rings (SSSR count). The van der Waals surface area contributed by atoms with E-state index in [1.807, 2.05) is 6.92 Å². The highest BCUT2D eigenvalue weighted by atomic mass is 79.9. The van der Waals surface area contributed by atoms with Gasteiger partial charge in [-0.25, -0.2) is 0 Å². The Kier molecular flexibility index (Phi) is 8.19. The molecule has 2 unspecified atom stereocenters. The van der Waals surface area contributed by atoms with E-state index >= 15 is 0 Å². The van der Waals surface area contributed by atoms with Crippen molar-refractivity contribution in [3.8, 4) is 0 Å². The molecule has 0 saturated heterocycles. The Morgan fingerprint density at radius 3 is 2.50 bits per heavy atom. The van der Waals surface area contributed by atoms with Gasteiger partial charge in [0.25, 0.3) is 0 Å². The lowest BCUT2D eigenvalue weighted by atomic mass is 10.2. The van der Waals surface area contributed by atoms with Crippen LogP contribution in [0.3, 0.4) is 0 Å². The smallest absolute Gasteiger partial charge is 0.322 e. The average molecular weight is 296 g/mol. The van der Waals surface area contributed by atoms with Gasteiger partial charge in [-0.05, 0) is 12.8 Å². The van der Waals surface area contributed by atoms with Crippen molar-refractivity contribution in [3.05, 3.63) is 0 Å². The quantitative estimate of drug-likeness (QED) is 0.430. The zero-order valence-corrected chi connectivity index (χ0v) is 11.2. The van der Waals surface area contributed by atoms with Gasteiger partial charge in [0.15, 0.2) is 0 Å². The minimum Gasteiger partial charge on any atom is -0.468 e. The molecule has 0 aromatic carbocycles. The second-order valence-corrected chi connectivity index (χ2v) is 4.46. The van der Waals surface area contributed by atoms with Crippen LogP contribution in [0.2, 0.25) is 0 Å². The van der Waals surface area contributed by atoms with Gasteiger partial charge in [-0.3, -0.25) is 9.59 Å². The summed E-state index contributed by atoms with van der Waals surface area (Å²) in [7, 11) is 1.25. The molecular formula is C10H18BrNO4. The van der Waals surface area contributed by atoms with Crippen molar-refractivity contribution in [1.29, 1.82) is 0 Å². The lowest BCUT2D eigenvalue weighted by Crippen LogP contribution is -2.36. The molecule has 6 heteroatoms. The minimum atomic E-state index is -0.812. The lowest BCUT2D eigenvalue weighted by Gasteiger charge is -2.13. The van der Waals surface area contributed by atoms with E-state index in [2.05, 4.69) is 20.7 Å². The van der Waals surface area contributed by atoms with Crippen molar-refractivity contribution in [2.24, 2.45) is 5.73 Å².